The molecule has 4 nitrogen and oxygen atoms in total. The van der Waals surface area contributed by atoms with E-state index in [1.165, 1.54) is 25.9 Å². The predicted molar refractivity (Wildman–Crippen MR) is 71.3 cm³/mol. The van der Waals surface area contributed by atoms with E-state index < -0.39 is 0 Å². The number of nitrogens with one attached hydrogen (secondary N) is 1. The van der Waals surface area contributed by atoms with Gasteiger partial charge in [-0.1, -0.05) is 0 Å². The SMILES string of the molecule is CN1CCC(CNc2ccc3c(c2)OCO3)CC1. The third-order valence-corrected chi connectivity index (χ3v) is 3.81. The Balaban J connectivity index is 1.54. The molecule has 0 aromatic heterocycles. The molecular formula is C14H20N2O2. The highest BCUT2D eigenvalue weighted by Gasteiger charge is 2.17. The van der Waals surface area contributed by atoms with Gasteiger partial charge in [0.25, 0.3) is 0 Å². The highest BCUT2D eigenvalue weighted by molar-refractivity contribution is 5.55. The summed E-state index contributed by atoms with van der Waals surface area (Å²) in [6.45, 7) is 3.82. The molecule has 0 atom stereocenters. The molecule has 0 unspecified atom stereocenters. The first-order valence-corrected chi connectivity index (χ1v) is 6.63. The summed E-state index contributed by atoms with van der Waals surface area (Å²) in [5.74, 6) is 2.48. The van der Waals surface area contributed by atoms with Gasteiger partial charge in [0.05, 0.1) is 0 Å². The van der Waals surface area contributed by atoms with Crippen LogP contribution >= 0.6 is 0 Å². The first-order valence-electron chi connectivity index (χ1n) is 6.63. The lowest BCUT2D eigenvalue weighted by Gasteiger charge is -2.29. The van der Waals surface area contributed by atoms with Crippen molar-refractivity contribution in [2.45, 2.75) is 12.8 Å². The van der Waals surface area contributed by atoms with Gasteiger partial charge in [0, 0.05) is 18.3 Å². The Kier molecular flexibility index (Phi) is 3.28. The Bertz CT molecular complexity index is 414. The molecule has 0 saturated carbocycles. The Morgan fingerprint density at radius 2 is 2.00 bits per heavy atom. The van der Waals surface area contributed by atoms with Crippen LogP contribution in [0.4, 0.5) is 5.69 Å². The summed E-state index contributed by atoms with van der Waals surface area (Å²) in [7, 11) is 2.20. The van der Waals surface area contributed by atoms with Crippen LogP contribution in [0.1, 0.15) is 12.8 Å². The van der Waals surface area contributed by atoms with E-state index in [-0.39, 0.29) is 0 Å². The van der Waals surface area contributed by atoms with Gasteiger partial charge in [-0.15, -0.1) is 0 Å². The topological polar surface area (TPSA) is 33.7 Å². The number of piperidine rings is 1. The first kappa shape index (κ1) is 11.7. The van der Waals surface area contributed by atoms with Crippen LogP contribution < -0.4 is 14.8 Å². The Morgan fingerprint density at radius 1 is 1.22 bits per heavy atom. The summed E-state index contributed by atoms with van der Waals surface area (Å²) in [5, 5.41) is 3.50. The number of rotatable bonds is 3. The van der Waals surface area contributed by atoms with Crippen molar-refractivity contribution in [3.8, 4) is 11.5 Å². The van der Waals surface area contributed by atoms with Gasteiger partial charge >= 0.3 is 0 Å². The molecule has 1 aromatic rings. The fraction of sp³-hybridized carbons (Fsp3) is 0.571. The highest BCUT2D eigenvalue weighted by Crippen LogP contribution is 2.34. The molecular weight excluding hydrogens is 228 g/mol. The van der Waals surface area contributed by atoms with Gasteiger partial charge in [0.15, 0.2) is 11.5 Å². The van der Waals surface area contributed by atoms with E-state index in [9.17, 15) is 0 Å². The molecule has 0 radical (unpaired) electrons. The van der Waals surface area contributed by atoms with Crippen LogP contribution in [0.2, 0.25) is 0 Å². The number of hydrogen-bond acceptors (Lipinski definition) is 4. The van der Waals surface area contributed by atoms with Crippen LogP contribution in [-0.4, -0.2) is 38.4 Å². The Morgan fingerprint density at radius 3 is 2.83 bits per heavy atom. The number of ether oxygens (including phenoxy) is 2. The minimum absolute atomic E-state index is 0.341. The lowest BCUT2D eigenvalue weighted by Crippen LogP contribution is -2.32. The fourth-order valence-electron chi connectivity index (χ4n) is 2.53. The summed E-state index contributed by atoms with van der Waals surface area (Å²) in [5.41, 5.74) is 1.12. The molecule has 98 valence electrons. The van der Waals surface area contributed by atoms with Crippen molar-refractivity contribution in [3.05, 3.63) is 18.2 Å². The largest absolute Gasteiger partial charge is 0.454 e. The summed E-state index contributed by atoms with van der Waals surface area (Å²) < 4.78 is 10.7. The summed E-state index contributed by atoms with van der Waals surface area (Å²) in [6, 6.07) is 6.05. The molecule has 4 heteroatoms. The molecule has 2 heterocycles. The Hall–Kier alpha value is -1.42. The number of nitrogens with zero attached hydrogens (tertiary/aromatic N) is 1. The van der Waals surface area contributed by atoms with Gasteiger partial charge in [-0.3, -0.25) is 0 Å². The third kappa shape index (κ3) is 2.53. The molecule has 18 heavy (non-hydrogen) atoms. The van der Waals surface area contributed by atoms with E-state index in [0.29, 0.717) is 6.79 Å². The first-order chi connectivity index (χ1) is 8.81. The maximum atomic E-state index is 5.38. The predicted octanol–water partition coefficient (Wildman–Crippen LogP) is 2.17. The van der Waals surface area contributed by atoms with E-state index in [2.05, 4.69) is 23.3 Å². The zero-order valence-electron chi connectivity index (χ0n) is 10.8. The van der Waals surface area contributed by atoms with Crippen LogP contribution in [0.3, 0.4) is 0 Å². The number of likely N-dealkylation sites (tertiary alicyclic amines) is 1. The van der Waals surface area contributed by atoms with Gasteiger partial charge in [0.2, 0.25) is 6.79 Å². The second kappa shape index (κ2) is 5.06. The lowest BCUT2D eigenvalue weighted by atomic mass is 9.97. The van der Waals surface area contributed by atoms with Gasteiger partial charge in [0.1, 0.15) is 0 Å². The lowest BCUT2D eigenvalue weighted by molar-refractivity contribution is 0.174. The van der Waals surface area contributed by atoms with E-state index in [0.717, 1.165) is 29.6 Å². The third-order valence-electron chi connectivity index (χ3n) is 3.81. The zero-order valence-corrected chi connectivity index (χ0v) is 10.8. The average Bonchev–Trinajstić information content (AvgIpc) is 2.85. The van der Waals surface area contributed by atoms with Crippen LogP contribution in [-0.2, 0) is 0 Å². The van der Waals surface area contributed by atoms with Crippen molar-refractivity contribution < 1.29 is 9.47 Å². The summed E-state index contributed by atoms with van der Waals surface area (Å²) in [4.78, 5) is 2.40. The van der Waals surface area contributed by atoms with Crippen LogP contribution in [0, 0.1) is 5.92 Å². The molecule has 2 aliphatic heterocycles. The van der Waals surface area contributed by atoms with E-state index in [4.69, 9.17) is 9.47 Å². The van der Waals surface area contributed by atoms with Crippen molar-refractivity contribution in [2.24, 2.45) is 5.92 Å². The molecule has 1 N–H and O–H groups in total. The fourth-order valence-corrected chi connectivity index (χ4v) is 2.53. The quantitative estimate of drug-likeness (QED) is 0.889. The second-order valence-corrected chi connectivity index (χ2v) is 5.20. The Labute approximate surface area is 108 Å². The molecule has 0 amide bonds. The molecule has 1 fully saturated rings. The second-order valence-electron chi connectivity index (χ2n) is 5.20. The van der Waals surface area contributed by atoms with E-state index >= 15 is 0 Å². The molecule has 3 rings (SSSR count). The van der Waals surface area contributed by atoms with Gasteiger partial charge in [-0.2, -0.15) is 0 Å². The number of fused-ring (bicyclic) bond motifs is 1. The monoisotopic (exact) mass is 248 g/mol. The minimum Gasteiger partial charge on any atom is -0.454 e. The van der Waals surface area contributed by atoms with E-state index in [1.807, 2.05) is 12.1 Å². The number of anilines is 1. The average molecular weight is 248 g/mol. The molecule has 0 aliphatic carbocycles. The van der Waals surface area contributed by atoms with Gasteiger partial charge in [-0.05, 0) is 51.0 Å². The maximum Gasteiger partial charge on any atom is 0.231 e. The maximum absolute atomic E-state index is 5.38. The van der Waals surface area contributed by atoms with Crippen molar-refractivity contribution in [1.29, 1.82) is 0 Å². The van der Waals surface area contributed by atoms with Crippen molar-refractivity contribution in [2.75, 3.05) is 38.8 Å². The minimum atomic E-state index is 0.341. The number of benzene rings is 1. The zero-order chi connectivity index (χ0) is 12.4. The van der Waals surface area contributed by atoms with E-state index in [1.54, 1.807) is 0 Å². The summed E-state index contributed by atoms with van der Waals surface area (Å²) >= 11 is 0. The normalized spacial score (nSPS) is 20.1. The van der Waals surface area contributed by atoms with Crippen molar-refractivity contribution in [1.82, 2.24) is 4.90 Å². The van der Waals surface area contributed by atoms with Crippen LogP contribution in [0.5, 0.6) is 11.5 Å². The molecule has 1 saturated heterocycles. The smallest absolute Gasteiger partial charge is 0.231 e. The standard InChI is InChI=1S/C14H20N2O2/c1-16-6-4-11(5-7-16)9-15-12-2-3-13-14(8-12)18-10-17-13/h2-3,8,11,15H,4-7,9-10H2,1H3. The van der Waals surface area contributed by atoms with Crippen LogP contribution in [0.25, 0.3) is 0 Å². The molecule has 2 aliphatic rings. The van der Waals surface area contributed by atoms with Gasteiger partial charge in [-0.25, -0.2) is 0 Å². The van der Waals surface area contributed by atoms with Crippen LogP contribution in [0.15, 0.2) is 18.2 Å². The molecule has 0 spiro atoms. The summed E-state index contributed by atoms with van der Waals surface area (Å²) in [6.07, 6.45) is 2.57. The number of hydrogen-bond donors (Lipinski definition) is 1. The molecule has 1 aromatic carbocycles. The van der Waals surface area contributed by atoms with Gasteiger partial charge < -0.3 is 19.7 Å². The van der Waals surface area contributed by atoms with Crippen molar-refractivity contribution >= 4 is 5.69 Å². The highest BCUT2D eigenvalue weighted by atomic mass is 16.7. The molecule has 0 bridgehead atoms. The van der Waals surface area contributed by atoms with Crippen molar-refractivity contribution in [3.63, 3.8) is 0 Å².